The Morgan fingerprint density at radius 3 is 2.89 bits per heavy atom. The summed E-state index contributed by atoms with van der Waals surface area (Å²) in [4.78, 5) is 5.35. The normalized spacial score (nSPS) is 10.9. The number of aryl methyl sites for hydroxylation is 1. The second-order valence-electron chi connectivity index (χ2n) is 4.01. The lowest BCUT2D eigenvalue weighted by atomic mass is 10.1. The Labute approximate surface area is 109 Å². The van der Waals surface area contributed by atoms with E-state index in [9.17, 15) is 4.39 Å². The van der Waals surface area contributed by atoms with E-state index in [2.05, 4.69) is 4.98 Å². The van der Waals surface area contributed by atoms with Gasteiger partial charge in [0.1, 0.15) is 10.8 Å². The number of ether oxygens (including phenoxy) is 1. The highest BCUT2D eigenvalue weighted by Gasteiger charge is 2.14. The molecule has 2 aromatic rings. The van der Waals surface area contributed by atoms with Crippen LogP contribution >= 0.6 is 11.3 Å². The first kappa shape index (κ1) is 13.1. The van der Waals surface area contributed by atoms with E-state index < -0.39 is 0 Å². The van der Waals surface area contributed by atoms with Crippen molar-refractivity contribution in [2.75, 3.05) is 7.11 Å². The van der Waals surface area contributed by atoms with Crippen molar-refractivity contribution in [3.8, 4) is 10.6 Å². The second-order valence-corrected chi connectivity index (χ2v) is 5.09. The SMILES string of the molecule is COCc1nc(-c2cc(C)ccc2F)sc1CN. The Morgan fingerprint density at radius 2 is 2.22 bits per heavy atom. The van der Waals surface area contributed by atoms with Crippen molar-refractivity contribution in [2.45, 2.75) is 20.1 Å². The van der Waals surface area contributed by atoms with E-state index in [1.54, 1.807) is 19.2 Å². The van der Waals surface area contributed by atoms with E-state index in [1.165, 1.54) is 17.4 Å². The summed E-state index contributed by atoms with van der Waals surface area (Å²) >= 11 is 1.42. The van der Waals surface area contributed by atoms with Gasteiger partial charge in [-0.05, 0) is 19.1 Å². The molecule has 0 atom stereocenters. The molecule has 0 unspecified atom stereocenters. The quantitative estimate of drug-likeness (QED) is 0.925. The van der Waals surface area contributed by atoms with Crippen LogP contribution in [-0.2, 0) is 17.9 Å². The van der Waals surface area contributed by atoms with Gasteiger partial charge in [0.15, 0.2) is 0 Å². The first-order valence-electron chi connectivity index (χ1n) is 5.59. The maximum atomic E-state index is 13.8. The van der Waals surface area contributed by atoms with Gasteiger partial charge in [-0.3, -0.25) is 0 Å². The second kappa shape index (κ2) is 5.56. The summed E-state index contributed by atoms with van der Waals surface area (Å²) in [5.74, 6) is -0.262. The van der Waals surface area contributed by atoms with E-state index in [0.29, 0.717) is 23.7 Å². The fourth-order valence-corrected chi connectivity index (χ4v) is 2.67. The number of halogens is 1. The van der Waals surface area contributed by atoms with Crippen LogP contribution in [0.15, 0.2) is 18.2 Å². The molecule has 0 fully saturated rings. The molecule has 0 radical (unpaired) electrons. The van der Waals surface area contributed by atoms with E-state index in [0.717, 1.165) is 16.1 Å². The average molecular weight is 266 g/mol. The van der Waals surface area contributed by atoms with Crippen LogP contribution in [0.3, 0.4) is 0 Å². The summed E-state index contributed by atoms with van der Waals surface area (Å²) in [6.45, 7) is 2.72. The zero-order valence-corrected chi connectivity index (χ0v) is 11.2. The van der Waals surface area contributed by atoms with Crippen LogP contribution in [0.1, 0.15) is 16.1 Å². The molecule has 2 N–H and O–H groups in total. The third-order valence-electron chi connectivity index (χ3n) is 2.60. The molecule has 0 spiro atoms. The first-order chi connectivity index (χ1) is 8.65. The van der Waals surface area contributed by atoms with Crippen LogP contribution in [-0.4, -0.2) is 12.1 Å². The van der Waals surface area contributed by atoms with Gasteiger partial charge < -0.3 is 10.5 Å². The highest BCUT2D eigenvalue weighted by atomic mass is 32.1. The summed E-state index contributed by atoms with van der Waals surface area (Å²) in [6.07, 6.45) is 0. The molecule has 3 nitrogen and oxygen atoms in total. The molecule has 0 saturated carbocycles. The molecule has 1 aromatic carbocycles. The zero-order valence-electron chi connectivity index (χ0n) is 10.4. The monoisotopic (exact) mass is 266 g/mol. The number of rotatable bonds is 4. The van der Waals surface area contributed by atoms with Crippen LogP contribution in [0.2, 0.25) is 0 Å². The van der Waals surface area contributed by atoms with Crippen molar-refractivity contribution < 1.29 is 9.13 Å². The summed E-state index contributed by atoms with van der Waals surface area (Å²) in [7, 11) is 1.60. The van der Waals surface area contributed by atoms with Gasteiger partial charge in [-0.15, -0.1) is 11.3 Å². The molecule has 2 rings (SSSR count). The lowest BCUT2D eigenvalue weighted by Gasteiger charge is -2.00. The van der Waals surface area contributed by atoms with Gasteiger partial charge in [0.05, 0.1) is 12.3 Å². The molecule has 0 aliphatic heterocycles. The smallest absolute Gasteiger partial charge is 0.133 e. The van der Waals surface area contributed by atoms with Gasteiger partial charge in [-0.25, -0.2) is 9.37 Å². The third kappa shape index (κ3) is 2.58. The van der Waals surface area contributed by atoms with E-state index in [4.69, 9.17) is 10.5 Å². The largest absolute Gasteiger partial charge is 0.378 e. The summed E-state index contributed by atoms with van der Waals surface area (Å²) in [6, 6.07) is 5.00. The Bertz CT molecular complexity index is 554. The number of nitrogens with zero attached hydrogens (tertiary/aromatic N) is 1. The Kier molecular flexibility index (Phi) is 4.06. The van der Waals surface area contributed by atoms with Crippen molar-refractivity contribution in [3.63, 3.8) is 0 Å². The van der Waals surface area contributed by atoms with Crippen LogP contribution in [0.25, 0.3) is 10.6 Å². The van der Waals surface area contributed by atoms with Gasteiger partial charge >= 0.3 is 0 Å². The molecule has 0 aliphatic rings. The van der Waals surface area contributed by atoms with Crippen molar-refractivity contribution in [3.05, 3.63) is 40.2 Å². The van der Waals surface area contributed by atoms with Crippen molar-refractivity contribution in [2.24, 2.45) is 5.73 Å². The number of benzene rings is 1. The predicted molar refractivity (Wildman–Crippen MR) is 70.8 cm³/mol. The highest BCUT2D eigenvalue weighted by molar-refractivity contribution is 7.15. The Morgan fingerprint density at radius 1 is 1.44 bits per heavy atom. The fourth-order valence-electron chi connectivity index (χ4n) is 1.71. The summed E-state index contributed by atoms with van der Waals surface area (Å²) in [5.41, 5.74) is 7.98. The molecule has 0 saturated heterocycles. The summed E-state index contributed by atoms with van der Waals surface area (Å²) in [5, 5.41) is 0.656. The van der Waals surface area contributed by atoms with Gasteiger partial charge in [0.2, 0.25) is 0 Å². The van der Waals surface area contributed by atoms with Crippen molar-refractivity contribution in [1.29, 1.82) is 0 Å². The molecule has 5 heteroatoms. The Hall–Kier alpha value is -1.30. The molecule has 1 heterocycles. The minimum absolute atomic E-state index is 0.262. The van der Waals surface area contributed by atoms with Crippen LogP contribution in [0.5, 0.6) is 0 Å². The van der Waals surface area contributed by atoms with Crippen molar-refractivity contribution >= 4 is 11.3 Å². The average Bonchev–Trinajstić information content (AvgIpc) is 2.76. The standard InChI is InChI=1S/C13H15FN2OS/c1-8-3-4-10(14)9(5-8)13-16-11(7-17-2)12(6-15)18-13/h3-5H,6-7,15H2,1-2H3. The minimum Gasteiger partial charge on any atom is -0.378 e. The van der Waals surface area contributed by atoms with Gasteiger partial charge in [-0.1, -0.05) is 11.6 Å². The van der Waals surface area contributed by atoms with Crippen molar-refractivity contribution in [1.82, 2.24) is 4.98 Å². The number of methoxy groups -OCH3 is 1. The van der Waals surface area contributed by atoms with E-state index in [-0.39, 0.29) is 5.82 Å². The van der Waals surface area contributed by atoms with E-state index >= 15 is 0 Å². The van der Waals surface area contributed by atoms with Gasteiger partial charge in [0.25, 0.3) is 0 Å². The number of nitrogens with two attached hydrogens (primary N) is 1. The maximum Gasteiger partial charge on any atom is 0.133 e. The predicted octanol–water partition coefficient (Wildman–Crippen LogP) is 2.86. The fraction of sp³-hybridized carbons (Fsp3) is 0.308. The topological polar surface area (TPSA) is 48.1 Å². The lowest BCUT2D eigenvalue weighted by Crippen LogP contribution is -1.99. The van der Waals surface area contributed by atoms with Crippen LogP contribution in [0.4, 0.5) is 4.39 Å². The Balaban J connectivity index is 2.47. The van der Waals surface area contributed by atoms with E-state index in [1.807, 2.05) is 6.92 Å². The van der Waals surface area contributed by atoms with Crippen LogP contribution in [0, 0.1) is 12.7 Å². The number of hydrogen-bond donors (Lipinski definition) is 1. The molecule has 96 valence electrons. The maximum absolute atomic E-state index is 13.8. The first-order valence-corrected chi connectivity index (χ1v) is 6.41. The minimum atomic E-state index is -0.262. The summed E-state index contributed by atoms with van der Waals surface area (Å²) < 4.78 is 18.9. The van der Waals surface area contributed by atoms with Crippen LogP contribution < -0.4 is 5.73 Å². The number of thiazole rings is 1. The number of hydrogen-bond acceptors (Lipinski definition) is 4. The third-order valence-corrected chi connectivity index (χ3v) is 3.75. The molecule has 1 aromatic heterocycles. The lowest BCUT2D eigenvalue weighted by molar-refractivity contribution is 0.181. The van der Waals surface area contributed by atoms with Gasteiger partial charge in [0, 0.05) is 24.1 Å². The highest BCUT2D eigenvalue weighted by Crippen LogP contribution is 2.30. The zero-order chi connectivity index (χ0) is 13.1. The molecule has 0 bridgehead atoms. The molecular formula is C13H15FN2OS. The van der Waals surface area contributed by atoms with Gasteiger partial charge in [-0.2, -0.15) is 0 Å². The molecule has 18 heavy (non-hydrogen) atoms. The molecular weight excluding hydrogens is 251 g/mol. The molecule has 0 aliphatic carbocycles. The molecule has 0 amide bonds. The number of aromatic nitrogens is 1.